The van der Waals surface area contributed by atoms with Gasteiger partial charge in [-0.25, -0.2) is 8.42 Å². The minimum Gasteiger partial charge on any atom is -0.351 e. The SMILES string of the molecule is CCN(CC)Cc1ccc(CNC(=O)C2CCCCN2S(C)(=O)=O)cc1. The summed E-state index contributed by atoms with van der Waals surface area (Å²) in [5.74, 6) is -0.206. The van der Waals surface area contributed by atoms with Gasteiger partial charge in [0.25, 0.3) is 0 Å². The van der Waals surface area contributed by atoms with Crippen LogP contribution in [0.2, 0.25) is 0 Å². The Balaban J connectivity index is 1.92. The first-order valence-electron chi connectivity index (χ1n) is 9.39. The van der Waals surface area contributed by atoms with Gasteiger partial charge in [-0.2, -0.15) is 4.31 Å². The van der Waals surface area contributed by atoms with E-state index >= 15 is 0 Å². The summed E-state index contributed by atoms with van der Waals surface area (Å²) in [6, 6.07) is 7.63. The van der Waals surface area contributed by atoms with Crippen molar-refractivity contribution in [1.29, 1.82) is 0 Å². The predicted molar refractivity (Wildman–Crippen MR) is 104 cm³/mol. The Labute approximate surface area is 157 Å². The van der Waals surface area contributed by atoms with E-state index in [1.165, 1.54) is 16.1 Å². The molecule has 6 nitrogen and oxygen atoms in total. The van der Waals surface area contributed by atoms with E-state index < -0.39 is 16.1 Å². The minimum absolute atomic E-state index is 0.206. The summed E-state index contributed by atoms with van der Waals surface area (Å²) in [5, 5.41) is 2.90. The molecule has 1 N–H and O–H groups in total. The number of benzene rings is 1. The van der Waals surface area contributed by atoms with Gasteiger partial charge < -0.3 is 5.32 Å². The molecule has 1 aromatic rings. The van der Waals surface area contributed by atoms with Crippen LogP contribution in [0.5, 0.6) is 0 Å². The first kappa shape index (κ1) is 20.9. The molecule has 0 radical (unpaired) electrons. The lowest BCUT2D eigenvalue weighted by Gasteiger charge is -2.32. The number of carbonyl (C=O) groups is 1. The van der Waals surface area contributed by atoms with E-state index in [2.05, 4.69) is 36.2 Å². The van der Waals surface area contributed by atoms with Gasteiger partial charge in [0.1, 0.15) is 6.04 Å². The third-order valence-electron chi connectivity index (χ3n) is 4.97. The molecular weight excluding hydrogens is 350 g/mol. The molecule has 0 bridgehead atoms. The molecule has 0 saturated carbocycles. The maximum atomic E-state index is 12.5. The second kappa shape index (κ2) is 9.48. The quantitative estimate of drug-likeness (QED) is 0.747. The fourth-order valence-electron chi connectivity index (χ4n) is 3.34. The number of nitrogens with one attached hydrogen (secondary N) is 1. The van der Waals surface area contributed by atoms with Crippen molar-refractivity contribution in [3.63, 3.8) is 0 Å². The zero-order chi connectivity index (χ0) is 19.2. The molecule has 0 aliphatic carbocycles. The van der Waals surface area contributed by atoms with Crippen molar-refractivity contribution in [3.05, 3.63) is 35.4 Å². The van der Waals surface area contributed by atoms with Gasteiger partial charge in [-0.1, -0.05) is 44.5 Å². The van der Waals surface area contributed by atoms with Crippen molar-refractivity contribution in [2.24, 2.45) is 0 Å². The van der Waals surface area contributed by atoms with E-state index in [0.717, 1.165) is 38.0 Å². The van der Waals surface area contributed by atoms with Crippen molar-refractivity contribution in [3.8, 4) is 0 Å². The average Bonchev–Trinajstić information content (AvgIpc) is 2.64. The van der Waals surface area contributed by atoms with Gasteiger partial charge in [0, 0.05) is 19.6 Å². The lowest BCUT2D eigenvalue weighted by Crippen LogP contribution is -2.51. The van der Waals surface area contributed by atoms with E-state index in [-0.39, 0.29) is 5.91 Å². The van der Waals surface area contributed by atoms with E-state index in [1.54, 1.807) is 0 Å². The number of carbonyl (C=O) groups excluding carboxylic acids is 1. The Kier molecular flexibility index (Phi) is 7.61. The monoisotopic (exact) mass is 381 g/mol. The van der Waals surface area contributed by atoms with Crippen molar-refractivity contribution in [2.45, 2.75) is 52.2 Å². The lowest BCUT2D eigenvalue weighted by atomic mass is 10.0. The van der Waals surface area contributed by atoms with Gasteiger partial charge >= 0.3 is 0 Å². The van der Waals surface area contributed by atoms with Crippen molar-refractivity contribution < 1.29 is 13.2 Å². The highest BCUT2D eigenvalue weighted by Gasteiger charge is 2.34. The summed E-state index contributed by atoms with van der Waals surface area (Å²) in [6.45, 7) is 8.11. The van der Waals surface area contributed by atoms with Gasteiger partial charge in [0.15, 0.2) is 0 Å². The number of sulfonamides is 1. The van der Waals surface area contributed by atoms with Crippen LogP contribution in [0, 0.1) is 0 Å². The van der Waals surface area contributed by atoms with Crippen LogP contribution in [0.1, 0.15) is 44.2 Å². The fourth-order valence-corrected chi connectivity index (χ4v) is 4.46. The molecule has 1 aliphatic heterocycles. The molecule has 1 saturated heterocycles. The van der Waals surface area contributed by atoms with Crippen LogP contribution < -0.4 is 5.32 Å². The Morgan fingerprint density at radius 2 is 1.77 bits per heavy atom. The summed E-state index contributed by atoms with van der Waals surface area (Å²) in [4.78, 5) is 14.8. The van der Waals surface area contributed by atoms with Crippen LogP contribution >= 0.6 is 0 Å². The van der Waals surface area contributed by atoms with E-state index in [1.807, 2.05) is 12.1 Å². The number of nitrogens with zero attached hydrogens (tertiary/aromatic N) is 2. The summed E-state index contributed by atoms with van der Waals surface area (Å²) < 4.78 is 25.1. The molecule has 1 aromatic carbocycles. The zero-order valence-corrected chi connectivity index (χ0v) is 16.9. The van der Waals surface area contributed by atoms with E-state index in [0.29, 0.717) is 19.5 Å². The first-order valence-corrected chi connectivity index (χ1v) is 11.2. The minimum atomic E-state index is -3.36. The highest BCUT2D eigenvalue weighted by atomic mass is 32.2. The highest BCUT2D eigenvalue weighted by molar-refractivity contribution is 7.88. The molecule has 0 spiro atoms. The first-order chi connectivity index (χ1) is 12.3. The van der Waals surface area contributed by atoms with Crippen LogP contribution in [0.4, 0.5) is 0 Å². The molecule has 7 heteroatoms. The number of rotatable bonds is 8. The predicted octanol–water partition coefficient (Wildman–Crippen LogP) is 1.96. The molecule has 1 fully saturated rings. The molecular formula is C19H31N3O3S. The van der Waals surface area contributed by atoms with Gasteiger partial charge in [0.2, 0.25) is 15.9 Å². The summed E-state index contributed by atoms with van der Waals surface area (Å²) in [7, 11) is -3.36. The molecule has 146 valence electrons. The van der Waals surface area contributed by atoms with E-state index in [9.17, 15) is 13.2 Å². The Hall–Kier alpha value is -1.44. The topological polar surface area (TPSA) is 69.7 Å². The van der Waals surface area contributed by atoms with Crippen LogP contribution in [-0.4, -0.2) is 55.5 Å². The third kappa shape index (κ3) is 5.79. The second-order valence-electron chi connectivity index (χ2n) is 6.88. The average molecular weight is 382 g/mol. The molecule has 1 aliphatic rings. The normalized spacial score (nSPS) is 18.8. The van der Waals surface area contributed by atoms with Gasteiger partial charge in [0.05, 0.1) is 6.26 Å². The Bertz CT molecular complexity index is 684. The van der Waals surface area contributed by atoms with Crippen molar-refractivity contribution in [1.82, 2.24) is 14.5 Å². The summed E-state index contributed by atoms with van der Waals surface area (Å²) in [6.07, 6.45) is 3.45. The summed E-state index contributed by atoms with van der Waals surface area (Å²) in [5.41, 5.74) is 2.27. The molecule has 1 unspecified atom stereocenters. The highest BCUT2D eigenvalue weighted by Crippen LogP contribution is 2.20. The van der Waals surface area contributed by atoms with Crippen molar-refractivity contribution >= 4 is 15.9 Å². The number of hydrogen-bond acceptors (Lipinski definition) is 4. The molecule has 2 rings (SSSR count). The maximum Gasteiger partial charge on any atom is 0.238 e. The van der Waals surface area contributed by atoms with Crippen LogP contribution in [0.3, 0.4) is 0 Å². The molecule has 1 heterocycles. The lowest BCUT2D eigenvalue weighted by molar-refractivity contribution is -0.125. The van der Waals surface area contributed by atoms with Crippen molar-refractivity contribution in [2.75, 3.05) is 25.9 Å². The molecule has 0 aromatic heterocycles. The number of piperidine rings is 1. The maximum absolute atomic E-state index is 12.5. The second-order valence-corrected chi connectivity index (χ2v) is 8.82. The van der Waals surface area contributed by atoms with Gasteiger partial charge in [-0.15, -0.1) is 0 Å². The smallest absolute Gasteiger partial charge is 0.238 e. The Morgan fingerprint density at radius 3 is 2.35 bits per heavy atom. The Morgan fingerprint density at radius 1 is 1.15 bits per heavy atom. The molecule has 26 heavy (non-hydrogen) atoms. The number of amides is 1. The zero-order valence-electron chi connectivity index (χ0n) is 16.1. The third-order valence-corrected chi connectivity index (χ3v) is 6.26. The molecule has 1 atom stereocenters. The summed E-state index contributed by atoms with van der Waals surface area (Å²) >= 11 is 0. The van der Waals surface area contributed by atoms with Crippen LogP contribution in [0.25, 0.3) is 0 Å². The fraction of sp³-hybridized carbons (Fsp3) is 0.632. The van der Waals surface area contributed by atoms with Gasteiger partial charge in [-0.05, 0) is 37.1 Å². The van der Waals surface area contributed by atoms with Crippen LogP contribution in [-0.2, 0) is 27.9 Å². The van der Waals surface area contributed by atoms with E-state index in [4.69, 9.17) is 0 Å². The largest absolute Gasteiger partial charge is 0.351 e. The van der Waals surface area contributed by atoms with Gasteiger partial charge in [-0.3, -0.25) is 9.69 Å². The standard InChI is InChI=1S/C19H31N3O3S/c1-4-21(5-2)15-17-11-9-16(10-12-17)14-20-19(23)18-8-6-7-13-22(18)26(3,24)25/h9-12,18H,4-8,13-15H2,1-3H3,(H,20,23). The molecule has 1 amide bonds. The number of hydrogen-bond donors (Lipinski definition) is 1. The van der Waals surface area contributed by atoms with Crippen LogP contribution in [0.15, 0.2) is 24.3 Å².